The third-order valence-corrected chi connectivity index (χ3v) is 2.53. The first-order valence-electron chi connectivity index (χ1n) is 6.04. The molecule has 0 fully saturated rings. The number of ether oxygens (including phenoxy) is 2. The van der Waals surface area contributed by atoms with Crippen molar-refractivity contribution in [1.82, 2.24) is 0 Å². The van der Waals surface area contributed by atoms with Crippen molar-refractivity contribution in [3.05, 3.63) is 34.9 Å². The van der Waals surface area contributed by atoms with Crippen LogP contribution in [0.15, 0.2) is 18.2 Å². The fraction of sp³-hybridized carbons (Fsp3) is 0.333. The standard InChI is InChI=1S/C15H16O5/c1-19-14(17)12-7-8-13(15(18)20-2)11(10-12)6-4-3-5-9-16/h7-8,10,16H,3,5,9H2,1-2H3. The van der Waals surface area contributed by atoms with E-state index in [1.165, 1.54) is 32.4 Å². The van der Waals surface area contributed by atoms with Crippen molar-refractivity contribution < 1.29 is 24.2 Å². The van der Waals surface area contributed by atoms with E-state index in [4.69, 9.17) is 5.11 Å². The van der Waals surface area contributed by atoms with Crippen LogP contribution < -0.4 is 0 Å². The van der Waals surface area contributed by atoms with Crippen LogP contribution in [0.5, 0.6) is 0 Å². The molecule has 0 aliphatic carbocycles. The van der Waals surface area contributed by atoms with Gasteiger partial charge in [0.05, 0.1) is 25.3 Å². The minimum absolute atomic E-state index is 0.0563. The lowest BCUT2D eigenvalue weighted by Gasteiger charge is -2.05. The molecule has 1 N–H and O–H groups in total. The first-order chi connectivity index (χ1) is 9.63. The number of benzene rings is 1. The zero-order valence-corrected chi connectivity index (χ0v) is 11.4. The van der Waals surface area contributed by atoms with Crippen LogP contribution in [0.2, 0.25) is 0 Å². The molecular formula is C15H16O5. The molecule has 0 saturated carbocycles. The summed E-state index contributed by atoms with van der Waals surface area (Å²) in [4.78, 5) is 23.1. The summed E-state index contributed by atoms with van der Waals surface area (Å²) in [5, 5.41) is 8.69. The number of carbonyl (C=O) groups is 2. The van der Waals surface area contributed by atoms with E-state index in [2.05, 4.69) is 21.3 Å². The molecule has 0 radical (unpaired) electrons. The van der Waals surface area contributed by atoms with Crippen molar-refractivity contribution in [3.63, 3.8) is 0 Å². The van der Waals surface area contributed by atoms with Gasteiger partial charge in [-0.15, -0.1) is 0 Å². The Bertz CT molecular complexity index is 551. The number of aliphatic hydroxyl groups excluding tert-OH is 1. The SMILES string of the molecule is COC(=O)c1ccc(C(=O)OC)c(C#CCCCO)c1. The van der Waals surface area contributed by atoms with Crippen molar-refractivity contribution in [2.45, 2.75) is 12.8 Å². The van der Waals surface area contributed by atoms with E-state index in [0.717, 1.165) is 0 Å². The van der Waals surface area contributed by atoms with Crippen LogP contribution in [0, 0.1) is 11.8 Å². The maximum atomic E-state index is 11.6. The Hall–Kier alpha value is -2.32. The molecule has 0 bridgehead atoms. The second-order valence-electron chi connectivity index (χ2n) is 3.87. The summed E-state index contributed by atoms with van der Waals surface area (Å²) >= 11 is 0. The highest BCUT2D eigenvalue weighted by Gasteiger charge is 2.14. The molecule has 0 spiro atoms. The van der Waals surface area contributed by atoms with Gasteiger partial charge in [0.25, 0.3) is 0 Å². The van der Waals surface area contributed by atoms with Crippen LogP contribution in [0.4, 0.5) is 0 Å². The molecule has 20 heavy (non-hydrogen) atoms. The average molecular weight is 276 g/mol. The highest BCUT2D eigenvalue weighted by atomic mass is 16.5. The molecule has 0 amide bonds. The van der Waals surface area contributed by atoms with Crippen LogP contribution in [0.3, 0.4) is 0 Å². The number of hydrogen-bond donors (Lipinski definition) is 1. The fourth-order valence-electron chi connectivity index (χ4n) is 1.51. The first-order valence-corrected chi connectivity index (χ1v) is 6.04. The Morgan fingerprint density at radius 3 is 2.50 bits per heavy atom. The van der Waals surface area contributed by atoms with E-state index in [9.17, 15) is 9.59 Å². The lowest BCUT2D eigenvalue weighted by molar-refractivity contribution is 0.0586. The van der Waals surface area contributed by atoms with Gasteiger partial charge in [0.2, 0.25) is 0 Å². The van der Waals surface area contributed by atoms with Gasteiger partial charge in [-0.1, -0.05) is 11.8 Å². The van der Waals surface area contributed by atoms with Crippen molar-refractivity contribution in [2.75, 3.05) is 20.8 Å². The average Bonchev–Trinajstić information content (AvgIpc) is 2.49. The van der Waals surface area contributed by atoms with Crippen LogP contribution in [-0.2, 0) is 9.47 Å². The van der Waals surface area contributed by atoms with Crippen LogP contribution >= 0.6 is 0 Å². The van der Waals surface area contributed by atoms with Gasteiger partial charge in [0.15, 0.2) is 0 Å². The predicted molar refractivity (Wildman–Crippen MR) is 72.3 cm³/mol. The normalized spacial score (nSPS) is 9.35. The number of carbonyl (C=O) groups excluding carboxylic acids is 2. The molecular weight excluding hydrogens is 260 g/mol. The molecule has 0 atom stereocenters. The zero-order chi connectivity index (χ0) is 15.0. The molecule has 106 valence electrons. The van der Waals surface area contributed by atoms with E-state index in [1.54, 1.807) is 0 Å². The molecule has 0 unspecified atom stereocenters. The largest absolute Gasteiger partial charge is 0.465 e. The van der Waals surface area contributed by atoms with E-state index >= 15 is 0 Å². The predicted octanol–water partition coefficient (Wildman–Crippen LogP) is 1.38. The highest BCUT2D eigenvalue weighted by molar-refractivity contribution is 5.95. The number of methoxy groups -OCH3 is 2. The number of aliphatic hydroxyl groups is 1. The van der Waals surface area contributed by atoms with Crippen LogP contribution in [0.25, 0.3) is 0 Å². The summed E-state index contributed by atoms with van der Waals surface area (Å²) in [6, 6.07) is 4.45. The van der Waals surface area contributed by atoms with E-state index in [-0.39, 0.29) is 12.2 Å². The Balaban J connectivity index is 3.14. The number of hydrogen-bond acceptors (Lipinski definition) is 5. The van der Waals surface area contributed by atoms with Crippen molar-refractivity contribution in [1.29, 1.82) is 0 Å². The molecule has 0 heterocycles. The van der Waals surface area contributed by atoms with Crippen molar-refractivity contribution in [3.8, 4) is 11.8 Å². The first kappa shape index (κ1) is 15.7. The van der Waals surface area contributed by atoms with Crippen molar-refractivity contribution >= 4 is 11.9 Å². The van der Waals surface area contributed by atoms with Gasteiger partial charge in [0.1, 0.15) is 0 Å². The lowest BCUT2D eigenvalue weighted by Crippen LogP contribution is -2.07. The van der Waals surface area contributed by atoms with Gasteiger partial charge < -0.3 is 14.6 Å². The monoisotopic (exact) mass is 276 g/mol. The Labute approximate surface area is 117 Å². The highest BCUT2D eigenvalue weighted by Crippen LogP contribution is 2.13. The van der Waals surface area contributed by atoms with Gasteiger partial charge in [-0.05, 0) is 24.6 Å². The second-order valence-corrected chi connectivity index (χ2v) is 3.87. The number of unbranched alkanes of at least 4 members (excludes halogenated alkanes) is 1. The Kier molecular flexibility index (Phi) is 6.27. The summed E-state index contributed by atoms with van der Waals surface area (Å²) < 4.78 is 9.29. The quantitative estimate of drug-likeness (QED) is 0.511. The summed E-state index contributed by atoms with van der Waals surface area (Å²) in [7, 11) is 2.56. The van der Waals surface area contributed by atoms with Gasteiger partial charge in [0, 0.05) is 18.6 Å². The molecule has 1 rings (SSSR count). The summed E-state index contributed by atoms with van der Waals surface area (Å²) in [5.41, 5.74) is 1.00. The minimum Gasteiger partial charge on any atom is -0.465 e. The van der Waals surface area contributed by atoms with Gasteiger partial charge in [-0.25, -0.2) is 9.59 Å². The molecule has 5 nitrogen and oxygen atoms in total. The maximum Gasteiger partial charge on any atom is 0.339 e. The van der Waals surface area contributed by atoms with Crippen LogP contribution in [-0.4, -0.2) is 37.9 Å². The lowest BCUT2D eigenvalue weighted by atomic mass is 10.0. The molecule has 1 aromatic carbocycles. The third-order valence-electron chi connectivity index (χ3n) is 2.53. The van der Waals surface area contributed by atoms with Gasteiger partial charge >= 0.3 is 11.9 Å². The second kappa shape index (κ2) is 7.97. The molecule has 0 aliphatic heterocycles. The van der Waals surface area contributed by atoms with Gasteiger partial charge in [-0.3, -0.25) is 0 Å². The summed E-state index contributed by atoms with van der Waals surface area (Å²) in [6.45, 7) is 0.0563. The third kappa shape index (κ3) is 4.11. The topological polar surface area (TPSA) is 72.8 Å². The van der Waals surface area contributed by atoms with E-state index in [1.807, 2.05) is 0 Å². The summed E-state index contributed by atoms with van der Waals surface area (Å²) in [6.07, 6.45) is 1.05. The molecule has 0 aliphatic rings. The molecule has 5 heteroatoms. The molecule has 0 saturated heterocycles. The fourth-order valence-corrected chi connectivity index (χ4v) is 1.51. The number of rotatable bonds is 4. The van der Waals surface area contributed by atoms with E-state index in [0.29, 0.717) is 24.0 Å². The Morgan fingerprint density at radius 1 is 1.20 bits per heavy atom. The smallest absolute Gasteiger partial charge is 0.339 e. The van der Waals surface area contributed by atoms with Crippen LogP contribution in [0.1, 0.15) is 39.1 Å². The number of esters is 2. The zero-order valence-electron chi connectivity index (χ0n) is 11.4. The Morgan fingerprint density at radius 2 is 1.90 bits per heavy atom. The maximum absolute atomic E-state index is 11.6. The van der Waals surface area contributed by atoms with E-state index < -0.39 is 11.9 Å². The van der Waals surface area contributed by atoms with Crippen molar-refractivity contribution in [2.24, 2.45) is 0 Å². The van der Waals surface area contributed by atoms with Gasteiger partial charge in [-0.2, -0.15) is 0 Å². The summed E-state index contributed by atoms with van der Waals surface area (Å²) in [5.74, 6) is 4.63. The molecule has 0 aromatic heterocycles. The molecule has 1 aromatic rings. The minimum atomic E-state index is -0.520.